The molecule has 1 fully saturated rings. The van der Waals surface area contributed by atoms with E-state index in [4.69, 9.17) is 0 Å². The molecule has 1 saturated heterocycles. The summed E-state index contributed by atoms with van der Waals surface area (Å²) >= 11 is 0. The van der Waals surface area contributed by atoms with Crippen LogP contribution in [-0.2, 0) is 4.79 Å². The molecule has 2 amide bonds. The molecule has 1 aliphatic rings. The lowest BCUT2D eigenvalue weighted by atomic mass is 10.1. The first-order valence-corrected chi connectivity index (χ1v) is 6.84. The maximum Gasteiger partial charge on any atom is 0.254 e. The fourth-order valence-corrected chi connectivity index (χ4v) is 2.35. The number of anilines is 1. The molecule has 0 radical (unpaired) electrons. The van der Waals surface area contributed by atoms with E-state index in [1.807, 2.05) is 4.90 Å². The number of rotatable bonds is 2. The number of benzene rings is 1. The lowest BCUT2D eigenvalue weighted by molar-refractivity contribution is -0.114. The number of hydrogen-bond donors (Lipinski definition) is 1. The minimum Gasteiger partial charge on any atom is -0.336 e. The first-order chi connectivity index (χ1) is 9.47. The van der Waals surface area contributed by atoms with E-state index in [2.05, 4.69) is 24.2 Å². The molecule has 1 N–H and O–H groups in total. The van der Waals surface area contributed by atoms with Gasteiger partial charge in [0.2, 0.25) is 5.91 Å². The second kappa shape index (κ2) is 6.05. The highest BCUT2D eigenvalue weighted by atomic mass is 16.2. The highest BCUT2D eigenvalue weighted by Gasteiger charge is 2.25. The molecular formula is C15H21N3O2. The van der Waals surface area contributed by atoms with E-state index in [1.165, 1.54) is 6.92 Å². The molecule has 0 aromatic heterocycles. The van der Waals surface area contributed by atoms with Crippen LogP contribution in [0.2, 0.25) is 0 Å². The maximum absolute atomic E-state index is 12.5. The van der Waals surface area contributed by atoms with Gasteiger partial charge in [0.05, 0.1) is 0 Å². The van der Waals surface area contributed by atoms with Crippen molar-refractivity contribution >= 4 is 17.5 Å². The molecule has 5 heteroatoms. The topological polar surface area (TPSA) is 52.7 Å². The van der Waals surface area contributed by atoms with Gasteiger partial charge in [-0.15, -0.1) is 0 Å². The Morgan fingerprint density at radius 3 is 2.70 bits per heavy atom. The SMILES string of the molecule is CC(=O)Nc1cccc(C(=O)N2CCN(C)C(C)C2)c1. The van der Waals surface area contributed by atoms with E-state index in [-0.39, 0.29) is 11.8 Å². The molecule has 1 heterocycles. The highest BCUT2D eigenvalue weighted by Crippen LogP contribution is 2.15. The molecule has 5 nitrogen and oxygen atoms in total. The van der Waals surface area contributed by atoms with Gasteiger partial charge in [-0.2, -0.15) is 0 Å². The number of nitrogens with one attached hydrogen (secondary N) is 1. The molecule has 0 spiro atoms. The quantitative estimate of drug-likeness (QED) is 0.888. The van der Waals surface area contributed by atoms with Crippen molar-refractivity contribution in [3.63, 3.8) is 0 Å². The lowest BCUT2D eigenvalue weighted by Crippen LogP contribution is -2.52. The summed E-state index contributed by atoms with van der Waals surface area (Å²) in [4.78, 5) is 27.7. The Balaban J connectivity index is 2.11. The summed E-state index contributed by atoms with van der Waals surface area (Å²) in [6.45, 7) is 5.94. The second-order valence-corrected chi connectivity index (χ2v) is 5.34. The fraction of sp³-hybridized carbons (Fsp3) is 0.467. The summed E-state index contributed by atoms with van der Waals surface area (Å²) in [5, 5.41) is 2.70. The third-order valence-corrected chi connectivity index (χ3v) is 3.68. The Kier molecular flexibility index (Phi) is 4.39. The van der Waals surface area contributed by atoms with E-state index in [0.717, 1.165) is 19.6 Å². The molecule has 1 aromatic carbocycles. The fourth-order valence-electron chi connectivity index (χ4n) is 2.35. The van der Waals surface area contributed by atoms with Crippen molar-refractivity contribution in [3.05, 3.63) is 29.8 Å². The van der Waals surface area contributed by atoms with Gasteiger partial charge >= 0.3 is 0 Å². The van der Waals surface area contributed by atoms with E-state index >= 15 is 0 Å². The van der Waals surface area contributed by atoms with Crippen LogP contribution < -0.4 is 5.32 Å². The predicted octanol–water partition coefficient (Wildman–Crippen LogP) is 1.42. The Hall–Kier alpha value is -1.88. The van der Waals surface area contributed by atoms with Gasteiger partial charge in [0.1, 0.15) is 0 Å². The largest absolute Gasteiger partial charge is 0.336 e. The molecule has 0 aliphatic carbocycles. The third kappa shape index (κ3) is 3.36. The van der Waals surface area contributed by atoms with Crippen LogP contribution in [-0.4, -0.2) is 54.3 Å². The van der Waals surface area contributed by atoms with Crippen molar-refractivity contribution in [1.29, 1.82) is 0 Å². The summed E-state index contributed by atoms with van der Waals surface area (Å²) in [6.07, 6.45) is 0. The average Bonchev–Trinajstić information content (AvgIpc) is 2.40. The normalized spacial score (nSPS) is 19.8. The van der Waals surface area contributed by atoms with Gasteiger partial charge in [0.15, 0.2) is 0 Å². The number of amides is 2. The molecular weight excluding hydrogens is 254 g/mol. The second-order valence-electron chi connectivity index (χ2n) is 5.34. The van der Waals surface area contributed by atoms with Crippen LogP contribution in [0.5, 0.6) is 0 Å². The van der Waals surface area contributed by atoms with Gasteiger partial charge in [-0.3, -0.25) is 9.59 Å². The molecule has 1 unspecified atom stereocenters. The predicted molar refractivity (Wildman–Crippen MR) is 78.7 cm³/mol. The zero-order valence-electron chi connectivity index (χ0n) is 12.2. The van der Waals surface area contributed by atoms with E-state index in [9.17, 15) is 9.59 Å². The summed E-state index contributed by atoms with van der Waals surface area (Å²) in [7, 11) is 2.07. The molecule has 108 valence electrons. The average molecular weight is 275 g/mol. The number of nitrogens with zero attached hydrogens (tertiary/aromatic N) is 2. The lowest BCUT2D eigenvalue weighted by Gasteiger charge is -2.37. The van der Waals surface area contributed by atoms with Gasteiger partial charge in [-0.1, -0.05) is 6.07 Å². The summed E-state index contributed by atoms with van der Waals surface area (Å²) < 4.78 is 0. The standard InChI is InChI=1S/C15H21N3O2/c1-11-10-18(8-7-17(11)3)15(20)13-5-4-6-14(9-13)16-12(2)19/h4-6,9,11H,7-8,10H2,1-3H3,(H,16,19). The molecule has 0 saturated carbocycles. The van der Waals surface area contributed by atoms with Crippen molar-refractivity contribution < 1.29 is 9.59 Å². The van der Waals surface area contributed by atoms with Crippen LogP contribution in [0.25, 0.3) is 0 Å². The number of carbonyl (C=O) groups excluding carboxylic acids is 2. The number of likely N-dealkylation sites (N-methyl/N-ethyl adjacent to an activating group) is 1. The smallest absolute Gasteiger partial charge is 0.254 e. The van der Waals surface area contributed by atoms with Crippen LogP contribution in [0, 0.1) is 0 Å². The van der Waals surface area contributed by atoms with Crippen LogP contribution in [0.15, 0.2) is 24.3 Å². The number of hydrogen-bond acceptors (Lipinski definition) is 3. The highest BCUT2D eigenvalue weighted by molar-refractivity contribution is 5.96. The Labute approximate surface area is 119 Å². The van der Waals surface area contributed by atoms with E-state index in [0.29, 0.717) is 17.3 Å². The van der Waals surface area contributed by atoms with Gasteiger partial charge in [0, 0.05) is 43.9 Å². The number of carbonyl (C=O) groups is 2. The molecule has 1 aliphatic heterocycles. The summed E-state index contributed by atoms with van der Waals surface area (Å²) in [5.41, 5.74) is 1.28. The van der Waals surface area contributed by atoms with Gasteiger partial charge in [-0.25, -0.2) is 0 Å². The minimum absolute atomic E-state index is 0.0251. The minimum atomic E-state index is -0.136. The molecule has 1 aromatic rings. The molecule has 1 atom stereocenters. The Morgan fingerprint density at radius 1 is 1.30 bits per heavy atom. The van der Waals surface area contributed by atoms with Crippen molar-refractivity contribution in [2.24, 2.45) is 0 Å². The van der Waals surface area contributed by atoms with Crippen LogP contribution in [0.4, 0.5) is 5.69 Å². The van der Waals surface area contributed by atoms with Gasteiger partial charge < -0.3 is 15.1 Å². The molecule has 0 bridgehead atoms. The Bertz CT molecular complexity index is 516. The van der Waals surface area contributed by atoms with Crippen molar-refractivity contribution in [2.45, 2.75) is 19.9 Å². The summed E-state index contributed by atoms with van der Waals surface area (Å²) in [6, 6.07) is 7.46. The number of piperazine rings is 1. The summed E-state index contributed by atoms with van der Waals surface area (Å²) in [5.74, 6) is -0.111. The van der Waals surface area contributed by atoms with Gasteiger partial charge in [0.25, 0.3) is 5.91 Å². The zero-order chi connectivity index (χ0) is 14.7. The monoisotopic (exact) mass is 275 g/mol. The maximum atomic E-state index is 12.5. The molecule has 2 rings (SSSR count). The van der Waals surface area contributed by atoms with Crippen molar-refractivity contribution in [2.75, 3.05) is 32.0 Å². The van der Waals surface area contributed by atoms with Gasteiger partial charge in [-0.05, 0) is 32.2 Å². The van der Waals surface area contributed by atoms with Crippen LogP contribution in [0.1, 0.15) is 24.2 Å². The van der Waals surface area contributed by atoms with Crippen LogP contribution in [0.3, 0.4) is 0 Å². The van der Waals surface area contributed by atoms with E-state index < -0.39 is 0 Å². The third-order valence-electron chi connectivity index (χ3n) is 3.68. The van der Waals surface area contributed by atoms with Crippen LogP contribution >= 0.6 is 0 Å². The first-order valence-electron chi connectivity index (χ1n) is 6.84. The first kappa shape index (κ1) is 14.5. The zero-order valence-corrected chi connectivity index (χ0v) is 12.2. The molecule has 20 heavy (non-hydrogen) atoms. The van der Waals surface area contributed by atoms with Crippen molar-refractivity contribution in [1.82, 2.24) is 9.80 Å². The van der Waals surface area contributed by atoms with Crippen molar-refractivity contribution in [3.8, 4) is 0 Å². The van der Waals surface area contributed by atoms with E-state index in [1.54, 1.807) is 24.3 Å². The Morgan fingerprint density at radius 2 is 2.05 bits per heavy atom.